The lowest BCUT2D eigenvalue weighted by molar-refractivity contribution is -0.157. The zero-order chi connectivity index (χ0) is 14.7. The Morgan fingerprint density at radius 1 is 1.05 bits per heavy atom. The van der Waals surface area contributed by atoms with Crippen molar-refractivity contribution >= 4 is 17.8 Å². The van der Waals surface area contributed by atoms with Gasteiger partial charge in [0, 0.05) is 13.1 Å². The van der Waals surface area contributed by atoms with E-state index in [-0.39, 0.29) is 25.4 Å². The summed E-state index contributed by atoms with van der Waals surface area (Å²) in [5, 5.41) is 20.9. The molecule has 7 nitrogen and oxygen atoms in total. The quantitative estimate of drug-likeness (QED) is 0.614. The average molecular weight is 284 g/mol. The number of aliphatic carboxylic acids is 2. The van der Waals surface area contributed by atoms with Crippen molar-refractivity contribution in [2.24, 2.45) is 17.8 Å². The van der Waals surface area contributed by atoms with Crippen molar-refractivity contribution in [2.45, 2.75) is 19.3 Å². The van der Waals surface area contributed by atoms with Crippen LogP contribution < -0.4 is 5.32 Å². The zero-order valence-electron chi connectivity index (χ0n) is 11.2. The summed E-state index contributed by atoms with van der Waals surface area (Å²) in [6.45, 7) is 1.39. The van der Waals surface area contributed by atoms with Gasteiger partial charge in [0.05, 0.1) is 18.4 Å². The molecule has 1 saturated carbocycles. The molecule has 0 bridgehead atoms. The monoisotopic (exact) mass is 284 g/mol. The Morgan fingerprint density at radius 2 is 1.70 bits per heavy atom. The Labute approximate surface area is 116 Å². The van der Waals surface area contributed by atoms with E-state index in [2.05, 4.69) is 5.32 Å². The van der Waals surface area contributed by atoms with Crippen LogP contribution in [-0.4, -0.2) is 59.1 Å². The Balaban J connectivity index is 1.82. The highest BCUT2D eigenvalue weighted by Gasteiger charge is 2.39. The molecular weight excluding hydrogens is 264 g/mol. The summed E-state index contributed by atoms with van der Waals surface area (Å²) in [6, 6.07) is 0. The third kappa shape index (κ3) is 3.93. The van der Waals surface area contributed by atoms with Gasteiger partial charge in [-0.25, -0.2) is 0 Å². The van der Waals surface area contributed by atoms with Crippen LogP contribution in [0.2, 0.25) is 0 Å². The molecule has 0 aromatic rings. The van der Waals surface area contributed by atoms with Crippen LogP contribution >= 0.6 is 0 Å². The van der Waals surface area contributed by atoms with Gasteiger partial charge in [-0.3, -0.25) is 19.3 Å². The lowest BCUT2D eigenvalue weighted by atomic mass is 9.85. The second-order valence-corrected chi connectivity index (χ2v) is 5.66. The highest BCUT2D eigenvalue weighted by molar-refractivity contribution is 5.81. The third-order valence-corrected chi connectivity index (χ3v) is 3.98. The summed E-state index contributed by atoms with van der Waals surface area (Å²) in [6.07, 6.45) is 2.58. The second kappa shape index (κ2) is 6.21. The van der Waals surface area contributed by atoms with Crippen molar-refractivity contribution in [3.63, 3.8) is 0 Å². The first-order valence-electron chi connectivity index (χ1n) is 6.92. The molecule has 1 aliphatic carbocycles. The largest absolute Gasteiger partial charge is 0.481 e. The predicted octanol–water partition coefficient (Wildman–Crippen LogP) is -0.380. The molecule has 1 amide bonds. The molecule has 0 aromatic heterocycles. The van der Waals surface area contributed by atoms with Gasteiger partial charge in [0.15, 0.2) is 0 Å². The van der Waals surface area contributed by atoms with E-state index in [1.165, 1.54) is 0 Å². The lowest BCUT2D eigenvalue weighted by Crippen LogP contribution is -2.49. The number of nitrogens with one attached hydrogen (secondary N) is 1. The van der Waals surface area contributed by atoms with E-state index >= 15 is 0 Å². The van der Waals surface area contributed by atoms with Gasteiger partial charge in [-0.1, -0.05) is 0 Å². The van der Waals surface area contributed by atoms with Gasteiger partial charge in [-0.05, 0) is 31.7 Å². The lowest BCUT2D eigenvalue weighted by Gasteiger charge is -2.34. The van der Waals surface area contributed by atoms with Gasteiger partial charge in [-0.2, -0.15) is 0 Å². The number of piperidine rings is 1. The molecule has 2 aliphatic rings. The fraction of sp³-hybridized carbons (Fsp3) is 0.769. The molecule has 20 heavy (non-hydrogen) atoms. The minimum Gasteiger partial charge on any atom is -0.481 e. The molecule has 3 N–H and O–H groups in total. The molecule has 1 heterocycles. The first-order chi connectivity index (χ1) is 9.47. The normalized spacial score (nSPS) is 27.0. The van der Waals surface area contributed by atoms with E-state index < -0.39 is 23.8 Å². The average Bonchev–Trinajstić information content (AvgIpc) is 3.20. The summed E-state index contributed by atoms with van der Waals surface area (Å²) < 4.78 is 0. The van der Waals surface area contributed by atoms with Gasteiger partial charge in [-0.15, -0.1) is 0 Å². The summed E-state index contributed by atoms with van der Waals surface area (Å²) in [5.41, 5.74) is 0. The van der Waals surface area contributed by atoms with Crippen LogP contribution in [0.15, 0.2) is 0 Å². The Morgan fingerprint density at radius 3 is 2.25 bits per heavy atom. The third-order valence-electron chi connectivity index (χ3n) is 3.98. The number of carboxylic acids is 2. The summed E-state index contributed by atoms with van der Waals surface area (Å²) in [5.74, 6) is -3.51. The molecule has 0 spiro atoms. The Kier molecular flexibility index (Phi) is 4.59. The topological polar surface area (TPSA) is 107 Å². The summed E-state index contributed by atoms with van der Waals surface area (Å²) >= 11 is 0. The van der Waals surface area contributed by atoms with Crippen LogP contribution in [0.3, 0.4) is 0 Å². The maximum atomic E-state index is 11.7. The minimum absolute atomic E-state index is 0.114. The molecule has 7 heteroatoms. The number of likely N-dealkylation sites (tertiary alicyclic amines) is 1. The van der Waals surface area contributed by atoms with Crippen molar-refractivity contribution in [2.75, 3.05) is 26.2 Å². The van der Waals surface area contributed by atoms with Gasteiger partial charge < -0.3 is 15.5 Å². The van der Waals surface area contributed by atoms with Crippen molar-refractivity contribution < 1.29 is 24.6 Å². The SMILES string of the molecule is O=C(CN1CCC(C(=O)O)C(C(=O)O)C1)NCC1CC1. The fourth-order valence-corrected chi connectivity index (χ4v) is 2.55. The van der Waals surface area contributed by atoms with Gasteiger partial charge in [0.1, 0.15) is 0 Å². The van der Waals surface area contributed by atoms with Gasteiger partial charge in [0.2, 0.25) is 5.91 Å². The number of carbonyl (C=O) groups excluding carboxylic acids is 1. The van der Waals surface area contributed by atoms with Crippen LogP contribution in [0.1, 0.15) is 19.3 Å². The minimum atomic E-state index is -1.11. The maximum Gasteiger partial charge on any atom is 0.308 e. The molecule has 1 saturated heterocycles. The van der Waals surface area contributed by atoms with Crippen LogP contribution in [0.5, 0.6) is 0 Å². The Bertz CT molecular complexity index is 408. The molecule has 2 rings (SSSR count). The molecule has 0 aromatic carbocycles. The highest BCUT2D eigenvalue weighted by atomic mass is 16.4. The molecule has 0 radical (unpaired) electrons. The van der Waals surface area contributed by atoms with Crippen molar-refractivity contribution in [1.29, 1.82) is 0 Å². The highest BCUT2D eigenvalue weighted by Crippen LogP contribution is 2.27. The number of hydrogen-bond donors (Lipinski definition) is 3. The van der Waals surface area contributed by atoms with Crippen LogP contribution in [0.4, 0.5) is 0 Å². The molecule has 1 aliphatic heterocycles. The first-order valence-corrected chi connectivity index (χ1v) is 6.92. The van der Waals surface area contributed by atoms with E-state index in [4.69, 9.17) is 10.2 Å². The molecule has 2 fully saturated rings. The fourth-order valence-electron chi connectivity index (χ4n) is 2.55. The van der Waals surface area contributed by atoms with E-state index in [1.54, 1.807) is 4.90 Å². The van der Waals surface area contributed by atoms with Crippen LogP contribution in [0.25, 0.3) is 0 Å². The number of nitrogens with zero attached hydrogens (tertiary/aromatic N) is 1. The predicted molar refractivity (Wildman–Crippen MR) is 69.0 cm³/mol. The van der Waals surface area contributed by atoms with E-state index in [1.807, 2.05) is 0 Å². The number of hydrogen-bond acceptors (Lipinski definition) is 4. The summed E-state index contributed by atoms with van der Waals surface area (Å²) in [7, 11) is 0. The van der Waals surface area contributed by atoms with Crippen molar-refractivity contribution in [1.82, 2.24) is 10.2 Å². The van der Waals surface area contributed by atoms with Crippen LogP contribution in [0, 0.1) is 17.8 Å². The second-order valence-electron chi connectivity index (χ2n) is 5.66. The van der Waals surface area contributed by atoms with Crippen molar-refractivity contribution in [3.05, 3.63) is 0 Å². The molecular formula is C13H20N2O5. The van der Waals surface area contributed by atoms with E-state index in [0.29, 0.717) is 19.0 Å². The van der Waals surface area contributed by atoms with E-state index in [9.17, 15) is 14.4 Å². The van der Waals surface area contributed by atoms with E-state index in [0.717, 1.165) is 12.8 Å². The maximum absolute atomic E-state index is 11.7. The summed E-state index contributed by atoms with van der Waals surface area (Å²) in [4.78, 5) is 35.6. The smallest absolute Gasteiger partial charge is 0.308 e. The van der Waals surface area contributed by atoms with Gasteiger partial charge in [0.25, 0.3) is 0 Å². The molecule has 2 atom stereocenters. The van der Waals surface area contributed by atoms with Crippen molar-refractivity contribution in [3.8, 4) is 0 Å². The number of rotatable bonds is 6. The number of carbonyl (C=O) groups is 3. The molecule has 2 unspecified atom stereocenters. The molecule has 112 valence electrons. The zero-order valence-corrected chi connectivity index (χ0v) is 11.2. The number of carboxylic acid groups (broad SMARTS) is 2. The first kappa shape index (κ1) is 14.8. The van der Waals surface area contributed by atoms with Crippen LogP contribution in [-0.2, 0) is 14.4 Å². The Hall–Kier alpha value is -1.63. The van der Waals surface area contributed by atoms with Gasteiger partial charge >= 0.3 is 11.9 Å². The number of amides is 1. The standard InChI is InChI=1S/C13H20N2O5/c16-11(14-5-8-1-2-8)7-15-4-3-9(12(17)18)10(6-15)13(19)20/h8-10H,1-7H2,(H,14,16)(H,17,18)(H,19,20).